The Balaban J connectivity index is 1.73. The topological polar surface area (TPSA) is 61.4 Å². The Morgan fingerprint density at radius 1 is 1.57 bits per heavy atom. The van der Waals surface area contributed by atoms with Crippen LogP contribution in [0.1, 0.15) is 25.7 Å². The maximum Gasteiger partial charge on any atom is 0.220 e. The average Bonchev–Trinajstić information content (AvgIpc) is 2.74. The highest BCUT2D eigenvalue weighted by atomic mass is 16.3. The van der Waals surface area contributed by atoms with Crippen LogP contribution in [0.15, 0.2) is 0 Å². The Kier molecular flexibility index (Phi) is 2.74. The van der Waals surface area contributed by atoms with E-state index >= 15 is 0 Å². The second-order valence-corrected chi connectivity index (χ2v) is 4.55. The number of amides is 1. The van der Waals surface area contributed by atoms with Gasteiger partial charge in [-0.2, -0.15) is 0 Å². The van der Waals surface area contributed by atoms with E-state index < -0.39 is 0 Å². The first-order valence-corrected chi connectivity index (χ1v) is 5.37. The molecule has 0 aromatic rings. The molecule has 1 saturated carbocycles. The van der Waals surface area contributed by atoms with Crippen molar-refractivity contribution in [3.63, 3.8) is 0 Å². The van der Waals surface area contributed by atoms with Crippen LogP contribution in [-0.2, 0) is 4.79 Å². The van der Waals surface area contributed by atoms with Gasteiger partial charge in [0.25, 0.3) is 0 Å². The van der Waals surface area contributed by atoms with E-state index in [1.54, 1.807) is 0 Å². The molecule has 0 bridgehead atoms. The minimum absolute atomic E-state index is 0.0850. The predicted molar refractivity (Wildman–Crippen MR) is 52.8 cm³/mol. The van der Waals surface area contributed by atoms with Gasteiger partial charge in [0.15, 0.2) is 0 Å². The molecule has 0 aromatic heterocycles. The Morgan fingerprint density at radius 3 is 2.86 bits per heavy atom. The lowest BCUT2D eigenvalue weighted by Gasteiger charge is -2.15. The smallest absolute Gasteiger partial charge is 0.220 e. The SMILES string of the molecule is O=C(CC1CCNC1)NC1(CO)CC1. The molecule has 1 heterocycles. The second kappa shape index (κ2) is 3.87. The van der Waals surface area contributed by atoms with Gasteiger partial charge in [-0.1, -0.05) is 0 Å². The van der Waals surface area contributed by atoms with E-state index in [0.29, 0.717) is 12.3 Å². The summed E-state index contributed by atoms with van der Waals surface area (Å²) in [5, 5.41) is 15.2. The van der Waals surface area contributed by atoms with Crippen LogP contribution in [0, 0.1) is 5.92 Å². The van der Waals surface area contributed by atoms with Gasteiger partial charge in [0.2, 0.25) is 5.91 Å². The van der Waals surface area contributed by atoms with Crippen molar-refractivity contribution in [3.05, 3.63) is 0 Å². The molecule has 1 unspecified atom stereocenters. The number of nitrogens with one attached hydrogen (secondary N) is 2. The zero-order valence-electron chi connectivity index (χ0n) is 8.38. The maximum absolute atomic E-state index is 11.6. The van der Waals surface area contributed by atoms with Crippen LogP contribution in [-0.4, -0.2) is 36.2 Å². The normalized spacial score (nSPS) is 28.8. The average molecular weight is 198 g/mol. The lowest BCUT2D eigenvalue weighted by molar-refractivity contribution is -0.123. The summed E-state index contributed by atoms with van der Waals surface area (Å²) >= 11 is 0. The van der Waals surface area contributed by atoms with Crippen molar-refractivity contribution < 1.29 is 9.90 Å². The fourth-order valence-corrected chi connectivity index (χ4v) is 1.97. The van der Waals surface area contributed by atoms with Gasteiger partial charge in [0, 0.05) is 6.42 Å². The highest BCUT2D eigenvalue weighted by molar-refractivity contribution is 5.77. The van der Waals surface area contributed by atoms with Crippen LogP contribution in [0.4, 0.5) is 0 Å². The van der Waals surface area contributed by atoms with E-state index in [1.807, 2.05) is 0 Å². The number of rotatable bonds is 4. The zero-order chi connectivity index (χ0) is 10.0. The van der Waals surface area contributed by atoms with Gasteiger partial charge in [-0.05, 0) is 38.3 Å². The first-order valence-electron chi connectivity index (χ1n) is 5.37. The summed E-state index contributed by atoms with van der Waals surface area (Å²) < 4.78 is 0. The van der Waals surface area contributed by atoms with Crippen molar-refractivity contribution in [1.29, 1.82) is 0 Å². The minimum Gasteiger partial charge on any atom is -0.394 e. The molecule has 2 fully saturated rings. The van der Waals surface area contributed by atoms with E-state index in [1.165, 1.54) is 0 Å². The minimum atomic E-state index is -0.247. The van der Waals surface area contributed by atoms with Crippen molar-refractivity contribution in [2.75, 3.05) is 19.7 Å². The molecular formula is C10H18N2O2. The number of hydrogen-bond donors (Lipinski definition) is 3. The molecule has 1 amide bonds. The first-order chi connectivity index (χ1) is 6.74. The number of carbonyl (C=O) groups is 1. The van der Waals surface area contributed by atoms with Crippen LogP contribution in [0.2, 0.25) is 0 Å². The number of hydrogen-bond acceptors (Lipinski definition) is 3. The molecule has 4 heteroatoms. The van der Waals surface area contributed by atoms with Gasteiger partial charge >= 0.3 is 0 Å². The fourth-order valence-electron chi connectivity index (χ4n) is 1.97. The molecule has 1 saturated heterocycles. The van der Waals surface area contributed by atoms with Crippen molar-refractivity contribution in [2.24, 2.45) is 5.92 Å². The van der Waals surface area contributed by atoms with Crippen LogP contribution < -0.4 is 10.6 Å². The molecule has 0 aromatic carbocycles. The Bertz CT molecular complexity index is 220. The molecule has 3 N–H and O–H groups in total. The van der Waals surface area contributed by atoms with Crippen LogP contribution in [0.3, 0.4) is 0 Å². The van der Waals surface area contributed by atoms with E-state index in [-0.39, 0.29) is 18.1 Å². The largest absolute Gasteiger partial charge is 0.394 e. The van der Waals surface area contributed by atoms with Crippen LogP contribution >= 0.6 is 0 Å². The van der Waals surface area contributed by atoms with E-state index in [4.69, 9.17) is 5.11 Å². The molecule has 1 aliphatic carbocycles. The summed E-state index contributed by atoms with van der Waals surface area (Å²) in [5.41, 5.74) is -0.247. The molecule has 4 nitrogen and oxygen atoms in total. The van der Waals surface area contributed by atoms with Crippen LogP contribution in [0.25, 0.3) is 0 Å². The lowest BCUT2D eigenvalue weighted by atomic mass is 10.0. The van der Waals surface area contributed by atoms with E-state index in [9.17, 15) is 4.79 Å². The van der Waals surface area contributed by atoms with Gasteiger partial charge in [-0.3, -0.25) is 4.79 Å². The summed E-state index contributed by atoms with van der Waals surface area (Å²) in [7, 11) is 0. The van der Waals surface area contributed by atoms with Gasteiger partial charge in [0.1, 0.15) is 0 Å². The lowest BCUT2D eigenvalue weighted by Crippen LogP contribution is -2.40. The standard InChI is InChI=1S/C10H18N2O2/c13-7-10(2-3-10)12-9(14)5-8-1-4-11-6-8/h8,11,13H,1-7H2,(H,12,14). The molecule has 0 radical (unpaired) electrons. The van der Waals surface area contributed by atoms with E-state index in [0.717, 1.165) is 32.4 Å². The second-order valence-electron chi connectivity index (χ2n) is 4.55. The van der Waals surface area contributed by atoms with Crippen molar-refractivity contribution in [1.82, 2.24) is 10.6 Å². The van der Waals surface area contributed by atoms with Gasteiger partial charge in [0.05, 0.1) is 12.1 Å². The van der Waals surface area contributed by atoms with Crippen molar-refractivity contribution in [3.8, 4) is 0 Å². The highest BCUT2D eigenvalue weighted by Crippen LogP contribution is 2.34. The number of aliphatic hydroxyl groups excluding tert-OH is 1. The molecule has 1 atom stereocenters. The zero-order valence-corrected chi connectivity index (χ0v) is 8.38. The molecule has 2 aliphatic rings. The Morgan fingerprint density at radius 2 is 2.36 bits per heavy atom. The monoisotopic (exact) mass is 198 g/mol. The highest BCUT2D eigenvalue weighted by Gasteiger charge is 2.43. The third-order valence-electron chi connectivity index (χ3n) is 3.20. The molecule has 2 rings (SSSR count). The molecule has 14 heavy (non-hydrogen) atoms. The summed E-state index contributed by atoms with van der Waals surface area (Å²) in [6, 6.07) is 0. The van der Waals surface area contributed by atoms with Gasteiger partial charge < -0.3 is 15.7 Å². The Hall–Kier alpha value is -0.610. The summed E-state index contributed by atoms with van der Waals surface area (Å²) in [6.07, 6.45) is 3.56. The summed E-state index contributed by atoms with van der Waals surface area (Å²) in [5.74, 6) is 0.592. The predicted octanol–water partition coefficient (Wildman–Crippen LogP) is -0.373. The number of carbonyl (C=O) groups excluding carboxylic acids is 1. The molecular weight excluding hydrogens is 180 g/mol. The fraction of sp³-hybridized carbons (Fsp3) is 0.900. The first kappa shape index (κ1) is 9.93. The molecule has 80 valence electrons. The third kappa shape index (κ3) is 2.25. The van der Waals surface area contributed by atoms with Crippen molar-refractivity contribution in [2.45, 2.75) is 31.2 Å². The quantitative estimate of drug-likeness (QED) is 0.577. The Labute approximate surface area is 84.1 Å². The molecule has 1 aliphatic heterocycles. The molecule has 0 spiro atoms. The van der Waals surface area contributed by atoms with Crippen molar-refractivity contribution >= 4 is 5.91 Å². The van der Waals surface area contributed by atoms with E-state index in [2.05, 4.69) is 10.6 Å². The van der Waals surface area contributed by atoms with Gasteiger partial charge in [-0.25, -0.2) is 0 Å². The van der Waals surface area contributed by atoms with Gasteiger partial charge in [-0.15, -0.1) is 0 Å². The summed E-state index contributed by atoms with van der Waals surface area (Å²) in [4.78, 5) is 11.6. The third-order valence-corrected chi connectivity index (χ3v) is 3.20. The summed E-state index contributed by atoms with van der Waals surface area (Å²) in [6.45, 7) is 2.07. The maximum atomic E-state index is 11.6. The number of aliphatic hydroxyl groups is 1. The van der Waals surface area contributed by atoms with Crippen LogP contribution in [0.5, 0.6) is 0 Å².